The molecule has 1 aliphatic heterocycles. The second-order valence-corrected chi connectivity index (χ2v) is 8.76. The van der Waals surface area contributed by atoms with Crippen LogP contribution in [0.3, 0.4) is 0 Å². The Morgan fingerprint density at radius 3 is 2.55 bits per heavy atom. The molecule has 0 saturated carbocycles. The highest BCUT2D eigenvalue weighted by atomic mass is 19.1. The van der Waals surface area contributed by atoms with Crippen LogP contribution in [0.25, 0.3) is 5.65 Å². The molecule has 0 N–H and O–H groups in total. The summed E-state index contributed by atoms with van der Waals surface area (Å²) in [7, 11) is 3.82. The third-order valence-electron chi connectivity index (χ3n) is 6.17. The summed E-state index contributed by atoms with van der Waals surface area (Å²) in [5.41, 5.74) is 2.37. The van der Waals surface area contributed by atoms with Crippen molar-refractivity contribution in [3.05, 3.63) is 70.9 Å². The average molecular weight is 451 g/mol. The van der Waals surface area contributed by atoms with Gasteiger partial charge in [0.05, 0.1) is 11.7 Å². The molecular weight excluding hydrogens is 423 g/mol. The number of fused-ring (bicyclic) bond motifs is 1. The molecule has 1 saturated heterocycles. The number of pyridine rings is 1. The molecule has 0 spiro atoms. The Kier molecular flexibility index (Phi) is 6.12. The SMILES string of the molecule is Cc1nc2c(C)cccn2c1C(=O)C1C(=O)C(=O)N(CCCN(C)C)C1c1ccccc1F. The number of benzene rings is 1. The molecule has 3 heterocycles. The van der Waals surface area contributed by atoms with Crippen LogP contribution in [0.2, 0.25) is 0 Å². The van der Waals surface area contributed by atoms with Gasteiger partial charge in [0.25, 0.3) is 5.91 Å². The average Bonchev–Trinajstić information content (AvgIpc) is 3.23. The molecule has 0 radical (unpaired) electrons. The molecule has 0 aliphatic carbocycles. The summed E-state index contributed by atoms with van der Waals surface area (Å²) < 4.78 is 16.5. The van der Waals surface area contributed by atoms with E-state index in [0.29, 0.717) is 24.3 Å². The minimum absolute atomic E-state index is 0.169. The van der Waals surface area contributed by atoms with Gasteiger partial charge < -0.3 is 9.80 Å². The van der Waals surface area contributed by atoms with Gasteiger partial charge in [0.15, 0.2) is 5.78 Å². The first-order valence-electron chi connectivity index (χ1n) is 10.9. The van der Waals surface area contributed by atoms with E-state index >= 15 is 0 Å². The van der Waals surface area contributed by atoms with Gasteiger partial charge in [-0.15, -0.1) is 0 Å². The van der Waals surface area contributed by atoms with E-state index in [0.717, 1.165) is 5.56 Å². The highest BCUT2D eigenvalue weighted by molar-refractivity contribution is 6.44. The first-order chi connectivity index (χ1) is 15.7. The molecule has 3 aromatic rings. The van der Waals surface area contributed by atoms with Crippen molar-refractivity contribution in [1.82, 2.24) is 19.2 Å². The monoisotopic (exact) mass is 450 g/mol. The Morgan fingerprint density at radius 1 is 1.12 bits per heavy atom. The Hall–Kier alpha value is -3.39. The van der Waals surface area contributed by atoms with Crippen molar-refractivity contribution in [3.63, 3.8) is 0 Å². The number of halogens is 1. The van der Waals surface area contributed by atoms with E-state index in [-0.39, 0.29) is 17.8 Å². The molecule has 8 heteroatoms. The van der Waals surface area contributed by atoms with Gasteiger partial charge in [-0.3, -0.25) is 18.8 Å². The van der Waals surface area contributed by atoms with E-state index < -0.39 is 35.3 Å². The molecule has 0 bridgehead atoms. The molecule has 2 unspecified atom stereocenters. The van der Waals surface area contributed by atoms with Crippen LogP contribution in [-0.4, -0.2) is 63.8 Å². The van der Waals surface area contributed by atoms with Gasteiger partial charge in [-0.1, -0.05) is 24.3 Å². The molecule has 1 aliphatic rings. The number of carbonyl (C=O) groups excluding carboxylic acids is 3. The summed E-state index contributed by atoms with van der Waals surface area (Å²) in [6.07, 6.45) is 2.30. The second-order valence-electron chi connectivity index (χ2n) is 8.76. The molecule has 1 fully saturated rings. The number of likely N-dealkylation sites (tertiary alicyclic amines) is 1. The molecule has 1 amide bonds. The first-order valence-corrected chi connectivity index (χ1v) is 10.9. The number of hydrogen-bond donors (Lipinski definition) is 0. The minimum atomic E-state index is -1.34. The van der Waals surface area contributed by atoms with E-state index in [9.17, 15) is 18.8 Å². The zero-order chi connectivity index (χ0) is 23.9. The van der Waals surface area contributed by atoms with Gasteiger partial charge in [-0.25, -0.2) is 9.37 Å². The molecule has 4 rings (SSSR count). The molecule has 1 aromatic carbocycles. The van der Waals surface area contributed by atoms with Crippen molar-refractivity contribution in [2.75, 3.05) is 27.2 Å². The van der Waals surface area contributed by atoms with Crippen LogP contribution in [0.4, 0.5) is 4.39 Å². The lowest BCUT2D eigenvalue weighted by Crippen LogP contribution is -2.33. The summed E-state index contributed by atoms with van der Waals surface area (Å²) in [5, 5.41) is 0. The van der Waals surface area contributed by atoms with Crippen molar-refractivity contribution >= 4 is 23.1 Å². The Labute approximate surface area is 191 Å². The fourth-order valence-electron chi connectivity index (χ4n) is 4.61. The van der Waals surface area contributed by atoms with Crippen molar-refractivity contribution in [1.29, 1.82) is 0 Å². The van der Waals surface area contributed by atoms with Crippen molar-refractivity contribution in [3.8, 4) is 0 Å². The van der Waals surface area contributed by atoms with Gasteiger partial charge in [0.1, 0.15) is 23.1 Å². The van der Waals surface area contributed by atoms with E-state index in [1.54, 1.807) is 35.7 Å². The topological polar surface area (TPSA) is 75.0 Å². The summed E-state index contributed by atoms with van der Waals surface area (Å²) >= 11 is 0. The predicted octanol–water partition coefficient (Wildman–Crippen LogP) is 2.99. The van der Waals surface area contributed by atoms with Crippen LogP contribution in [0.1, 0.15) is 39.8 Å². The number of Topliss-reactive ketones (excluding diaryl/α,β-unsaturated/α-hetero) is 2. The van der Waals surface area contributed by atoms with Crippen LogP contribution in [0, 0.1) is 25.6 Å². The zero-order valence-corrected chi connectivity index (χ0v) is 19.2. The quantitative estimate of drug-likeness (QED) is 0.314. The van der Waals surface area contributed by atoms with Crippen molar-refractivity contribution in [2.24, 2.45) is 5.92 Å². The third kappa shape index (κ3) is 3.95. The number of carbonyl (C=O) groups is 3. The van der Waals surface area contributed by atoms with Crippen molar-refractivity contribution < 1.29 is 18.8 Å². The fraction of sp³-hybridized carbons (Fsp3) is 0.360. The summed E-state index contributed by atoms with van der Waals surface area (Å²) in [5.74, 6) is -3.96. The number of rotatable bonds is 7. The Morgan fingerprint density at radius 2 is 1.85 bits per heavy atom. The minimum Gasteiger partial charge on any atom is -0.328 e. The summed E-state index contributed by atoms with van der Waals surface area (Å²) in [4.78, 5) is 47.9. The molecule has 2 atom stereocenters. The number of amides is 1. The highest BCUT2D eigenvalue weighted by Crippen LogP contribution is 2.39. The van der Waals surface area contributed by atoms with Gasteiger partial charge in [-0.2, -0.15) is 0 Å². The number of nitrogens with zero attached hydrogens (tertiary/aromatic N) is 4. The number of aromatic nitrogens is 2. The molecular formula is C25H27FN4O3. The zero-order valence-electron chi connectivity index (χ0n) is 19.2. The fourth-order valence-corrected chi connectivity index (χ4v) is 4.61. The molecule has 172 valence electrons. The maximum atomic E-state index is 14.9. The Balaban J connectivity index is 1.82. The Bertz CT molecular complexity index is 1250. The summed E-state index contributed by atoms with van der Waals surface area (Å²) in [6, 6.07) is 8.69. The number of aryl methyl sites for hydroxylation is 2. The third-order valence-corrected chi connectivity index (χ3v) is 6.17. The smallest absolute Gasteiger partial charge is 0.291 e. The van der Waals surface area contributed by atoms with E-state index in [2.05, 4.69) is 4.98 Å². The van der Waals surface area contributed by atoms with E-state index in [4.69, 9.17) is 0 Å². The van der Waals surface area contributed by atoms with Gasteiger partial charge in [0.2, 0.25) is 5.78 Å². The van der Waals surface area contributed by atoms with Crippen LogP contribution in [-0.2, 0) is 9.59 Å². The van der Waals surface area contributed by atoms with Gasteiger partial charge in [-0.05, 0) is 58.6 Å². The maximum Gasteiger partial charge on any atom is 0.291 e. The van der Waals surface area contributed by atoms with E-state index in [1.165, 1.54) is 17.0 Å². The number of hydrogen-bond acceptors (Lipinski definition) is 5. The van der Waals surface area contributed by atoms with Gasteiger partial charge >= 0.3 is 0 Å². The number of ketones is 2. The standard InChI is InChI=1S/C25H27FN4O3/c1-15-9-7-13-29-20(16(2)27-24(15)29)22(31)19-21(17-10-5-6-11-18(17)26)30(25(33)23(19)32)14-8-12-28(3)4/h5-7,9-11,13,19,21H,8,12,14H2,1-4H3. The van der Waals surface area contributed by atoms with Crippen LogP contribution in [0.5, 0.6) is 0 Å². The van der Waals surface area contributed by atoms with Crippen LogP contribution < -0.4 is 0 Å². The maximum absolute atomic E-state index is 14.9. The molecule has 33 heavy (non-hydrogen) atoms. The van der Waals surface area contributed by atoms with E-state index in [1.807, 2.05) is 32.0 Å². The normalized spacial score (nSPS) is 18.7. The lowest BCUT2D eigenvalue weighted by Gasteiger charge is -2.28. The van der Waals surface area contributed by atoms with Crippen LogP contribution in [0.15, 0.2) is 42.6 Å². The number of imidazole rings is 1. The molecule has 2 aromatic heterocycles. The predicted molar refractivity (Wildman–Crippen MR) is 122 cm³/mol. The lowest BCUT2D eigenvalue weighted by molar-refractivity contribution is -0.140. The molecule has 7 nitrogen and oxygen atoms in total. The first kappa shape index (κ1) is 22.8. The second kappa shape index (κ2) is 8.86. The highest BCUT2D eigenvalue weighted by Gasteiger charge is 2.52. The van der Waals surface area contributed by atoms with Gasteiger partial charge in [0, 0.05) is 18.3 Å². The van der Waals surface area contributed by atoms with Crippen molar-refractivity contribution in [2.45, 2.75) is 26.3 Å². The largest absolute Gasteiger partial charge is 0.328 e. The lowest BCUT2D eigenvalue weighted by atomic mass is 9.87. The summed E-state index contributed by atoms with van der Waals surface area (Å²) in [6.45, 7) is 4.52. The van der Waals surface area contributed by atoms with Crippen LogP contribution >= 0.6 is 0 Å².